The molecule has 4 nitrogen and oxygen atoms in total. The molecule has 0 aliphatic carbocycles. The second kappa shape index (κ2) is 7.41. The standard InChI is InChI=1S/C23H24N2O2/c1-16-5-3-7-18(15-16)24-21-10-9-20(22-17(2)6-4-8-19(21)22)23(26)25-11-13-27-14-12-25/h3-10,15,24H,11-14H2,1-2H3. The predicted molar refractivity (Wildman–Crippen MR) is 110 cm³/mol. The van der Waals surface area contributed by atoms with Gasteiger partial charge in [0.25, 0.3) is 5.91 Å². The molecule has 4 rings (SSSR count). The summed E-state index contributed by atoms with van der Waals surface area (Å²) in [5.41, 5.74) is 5.14. The summed E-state index contributed by atoms with van der Waals surface area (Å²) in [6.45, 7) is 6.66. The Labute approximate surface area is 159 Å². The highest BCUT2D eigenvalue weighted by atomic mass is 16.5. The van der Waals surface area contributed by atoms with Gasteiger partial charge >= 0.3 is 0 Å². The first kappa shape index (κ1) is 17.6. The first-order valence-corrected chi connectivity index (χ1v) is 9.36. The second-order valence-electron chi connectivity index (χ2n) is 7.06. The van der Waals surface area contributed by atoms with E-state index in [1.807, 2.05) is 29.2 Å². The zero-order valence-electron chi connectivity index (χ0n) is 15.8. The number of amides is 1. The number of morpholine rings is 1. The van der Waals surface area contributed by atoms with Crippen molar-refractivity contribution in [1.29, 1.82) is 0 Å². The number of nitrogens with zero attached hydrogens (tertiary/aromatic N) is 1. The summed E-state index contributed by atoms with van der Waals surface area (Å²) in [6, 6.07) is 18.4. The molecule has 1 aliphatic heterocycles. The fourth-order valence-corrected chi connectivity index (χ4v) is 3.69. The van der Waals surface area contributed by atoms with Crippen molar-refractivity contribution >= 4 is 28.1 Å². The minimum absolute atomic E-state index is 0.0831. The molecule has 0 radical (unpaired) electrons. The quantitative estimate of drug-likeness (QED) is 0.738. The van der Waals surface area contributed by atoms with Crippen LogP contribution >= 0.6 is 0 Å². The number of fused-ring (bicyclic) bond motifs is 1. The van der Waals surface area contributed by atoms with E-state index in [1.54, 1.807) is 0 Å². The number of carbonyl (C=O) groups is 1. The zero-order valence-corrected chi connectivity index (χ0v) is 15.8. The monoisotopic (exact) mass is 360 g/mol. The maximum absolute atomic E-state index is 13.1. The van der Waals surface area contributed by atoms with Crippen LogP contribution in [0.1, 0.15) is 21.5 Å². The van der Waals surface area contributed by atoms with Crippen molar-refractivity contribution in [3.05, 3.63) is 71.3 Å². The predicted octanol–water partition coefficient (Wildman–Crippen LogP) is 4.67. The normalized spacial score (nSPS) is 14.4. The molecule has 1 fully saturated rings. The second-order valence-corrected chi connectivity index (χ2v) is 7.06. The van der Waals surface area contributed by atoms with E-state index in [-0.39, 0.29) is 5.91 Å². The van der Waals surface area contributed by atoms with Crippen LogP contribution in [-0.4, -0.2) is 37.1 Å². The van der Waals surface area contributed by atoms with Crippen LogP contribution < -0.4 is 5.32 Å². The van der Waals surface area contributed by atoms with Gasteiger partial charge in [-0.05, 0) is 54.6 Å². The largest absolute Gasteiger partial charge is 0.378 e. The number of nitrogens with one attached hydrogen (secondary N) is 1. The first-order valence-electron chi connectivity index (χ1n) is 9.36. The van der Waals surface area contributed by atoms with Crippen molar-refractivity contribution < 1.29 is 9.53 Å². The highest BCUT2D eigenvalue weighted by molar-refractivity contribution is 6.11. The third-order valence-electron chi connectivity index (χ3n) is 5.07. The van der Waals surface area contributed by atoms with Crippen LogP contribution in [0, 0.1) is 13.8 Å². The molecular formula is C23H24N2O2. The molecule has 0 bridgehead atoms. The summed E-state index contributed by atoms with van der Waals surface area (Å²) in [5, 5.41) is 5.60. The van der Waals surface area contributed by atoms with Gasteiger partial charge in [0.05, 0.1) is 13.2 Å². The van der Waals surface area contributed by atoms with E-state index in [1.165, 1.54) is 5.56 Å². The van der Waals surface area contributed by atoms with Gasteiger partial charge in [-0.2, -0.15) is 0 Å². The lowest BCUT2D eigenvalue weighted by Gasteiger charge is -2.27. The Morgan fingerprint density at radius 3 is 2.56 bits per heavy atom. The van der Waals surface area contributed by atoms with Gasteiger partial charge in [-0.15, -0.1) is 0 Å². The molecule has 1 amide bonds. The Morgan fingerprint density at radius 1 is 1.00 bits per heavy atom. The molecule has 0 unspecified atom stereocenters. The van der Waals surface area contributed by atoms with Crippen LogP contribution in [0.4, 0.5) is 11.4 Å². The average molecular weight is 360 g/mol. The molecule has 1 heterocycles. The molecule has 3 aromatic rings. The van der Waals surface area contributed by atoms with Crippen LogP contribution in [0.2, 0.25) is 0 Å². The van der Waals surface area contributed by atoms with Crippen LogP contribution in [0.5, 0.6) is 0 Å². The van der Waals surface area contributed by atoms with Gasteiger partial charge in [0.1, 0.15) is 0 Å². The maximum atomic E-state index is 13.1. The van der Waals surface area contributed by atoms with E-state index in [4.69, 9.17) is 4.74 Å². The fraction of sp³-hybridized carbons (Fsp3) is 0.261. The molecular weight excluding hydrogens is 336 g/mol. The number of benzene rings is 3. The summed E-state index contributed by atoms with van der Waals surface area (Å²) in [6.07, 6.45) is 0. The van der Waals surface area contributed by atoms with Crippen molar-refractivity contribution in [1.82, 2.24) is 4.90 Å². The highest BCUT2D eigenvalue weighted by Gasteiger charge is 2.21. The summed E-state index contributed by atoms with van der Waals surface area (Å²) >= 11 is 0. The fourth-order valence-electron chi connectivity index (χ4n) is 3.69. The van der Waals surface area contributed by atoms with Gasteiger partial charge in [-0.3, -0.25) is 4.79 Å². The van der Waals surface area contributed by atoms with Crippen LogP contribution in [0.15, 0.2) is 54.6 Å². The van der Waals surface area contributed by atoms with Gasteiger partial charge in [0.2, 0.25) is 0 Å². The minimum Gasteiger partial charge on any atom is -0.378 e. The van der Waals surface area contributed by atoms with Gasteiger partial charge in [-0.1, -0.05) is 30.3 Å². The van der Waals surface area contributed by atoms with Crippen molar-refractivity contribution in [3.8, 4) is 0 Å². The summed E-state index contributed by atoms with van der Waals surface area (Å²) in [5.74, 6) is 0.0831. The summed E-state index contributed by atoms with van der Waals surface area (Å²) in [7, 11) is 0. The van der Waals surface area contributed by atoms with E-state index in [0.717, 1.165) is 33.3 Å². The van der Waals surface area contributed by atoms with Crippen molar-refractivity contribution in [2.24, 2.45) is 0 Å². The molecule has 1 aliphatic rings. The Hall–Kier alpha value is -2.85. The van der Waals surface area contributed by atoms with E-state index < -0.39 is 0 Å². The highest BCUT2D eigenvalue weighted by Crippen LogP contribution is 2.32. The number of anilines is 2. The number of hydrogen-bond donors (Lipinski definition) is 1. The lowest BCUT2D eigenvalue weighted by molar-refractivity contribution is 0.0304. The number of ether oxygens (including phenoxy) is 1. The van der Waals surface area contributed by atoms with Gasteiger partial charge < -0.3 is 15.0 Å². The number of hydrogen-bond acceptors (Lipinski definition) is 3. The molecule has 1 saturated heterocycles. The minimum atomic E-state index is 0.0831. The van der Waals surface area contributed by atoms with Crippen molar-refractivity contribution in [2.45, 2.75) is 13.8 Å². The lowest BCUT2D eigenvalue weighted by atomic mass is 9.97. The van der Waals surface area contributed by atoms with Gasteiger partial charge in [-0.25, -0.2) is 0 Å². The molecule has 0 atom stereocenters. The number of carbonyl (C=O) groups excluding carboxylic acids is 1. The molecule has 0 spiro atoms. The molecule has 4 heteroatoms. The topological polar surface area (TPSA) is 41.6 Å². The number of aryl methyl sites for hydroxylation is 2. The van der Waals surface area contributed by atoms with Gasteiger partial charge in [0.15, 0.2) is 0 Å². The lowest BCUT2D eigenvalue weighted by Crippen LogP contribution is -2.40. The Balaban J connectivity index is 1.77. The van der Waals surface area contributed by atoms with Gasteiger partial charge in [0, 0.05) is 35.4 Å². The van der Waals surface area contributed by atoms with Crippen LogP contribution in [0.3, 0.4) is 0 Å². The Bertz CT molecular complexity index is 991. The Kier molecular flexibility index (Phi) is 4.82. The van der Waals surface area contributed by atoms with Crippen LogP contribution in [0.25, 0.3) is 10.8 Å². The van der Waals surface area contributed by atoms with E-state index >= 15 is 0 Å². The number of rotatable bonds is 3. The van der Waals surface area contributed by atoms with E-state index in [9.17, 15) is 4.79 Å². The molecule has 3 aromatic carbocycles. The summed E-state index contributed by atoms with van der Waals surface area (Å²) in [4.78, 5) is 15.0. The molecule has 0 aromatic heterocycles. The SMILES string of the molecule is Cc1cccc(Nc2ccc(C(=O)N3CCOCC3)c3c(C)cccc23)c1. The Morgan fingerprint density at radius 2 is 1.78 bits per heavy atom. The van der Waals surface area contributed by atoms with E-state index in [0.29, 0.717) is 26.3 Å². The van der Waals surface area contributed by atoms with Crippen molar-refractivity contribution in [3.63, 3.8) is 0 Å². The van der Waals surface area contributed by atoms with Crippen LogP contribution in [-0.2, 0) is 4.74 Å². The smallest absolute Gasteiger partial charge is 0.254 e. The summed E-state index contributed by atoms with van der Waals surface area (Å²) < 4.78 is 5.39. The maximum Gasteiger partial charge on any atom is 0.254 e. The molecule has 0 saturated carbocycles. The van der Waals surface area contributed by atoms with E-state index in [2.05, 4.69) is 49.5 Å². The first-order chi connectivity index (χ1) is 13.1. The average Bonchev–Trinajstić information content (AvgIpc) is 2.69. The third-order valence-corrected chi connectivity index (χ3v) is 5.07. The molecule has 138 valence electrons. The zero-order chi connectivity index (χ0) is 18.8. The molecule has 27 heavy (non-hydrogen) atoms. The van der Waals surface area contributed by atoms with Crippen molar-refractivity contribution in [2.75, 3.05) is 31.6 Å². The molecule has 1 N–H and O–H groups in total. The third kappa shape index (κ3) is 3.53.